The molecule has 0 spiro atoms. The van der Waals surface area contributed by atoms with Crippen molar-refractivity contribution in [3.8, 4) is 5.75 Å². The first kappa shape index (κ1) is 13.3. The highest BCUT2D eigenvalue weighted by Crippen LogP contribution is 2.18. The molecule has 1 aromatic carbocycles. The predicted molar refractivity (Wildman–Crippen MR) is 71.4 cm³/mol. The van der Waals surface area contributed by atoms with Crippen LogP contribution in [-0.2, 0) is 4.74 Å². The highest BCUT2D eigenvalue weighted by molar-refractivity contribution is 14.1. The molecule has 16 heavy (non-hydrogen) atoms. The molecule has 0 saturated carbocycles. The number of alkyl halides is 1. The van der Waals surface area contributed by atoms with E-state index < -0.39 is 0 Å². The number of ether oxygens (including phenoxy) is 2. The Balaban J connectivity index is 2.59. The maximum absolute atomic E-state index is 11.6. The molecule has 0 atom stereocenters. The number of halogens is 1. The molecule has 0 fully saturated rings. The standard InChI is InChI=1S/C12H15IO3/c1-12(2,13)8-16-11(14)9-4-6-10(15-3)7-5-9/h4-7H,8H2,1-3H3. The van der Waals surface area contributed by atoms with Crippen LogP contribution in [0.15, 0.2) is 24.3 Å². The molecule has 0 aromatic heterocycles. The van der Waals surface area contributed by atoms with Crippen LogP contribution >= 0.6 is 22.6 Å². The molecule has 0 amide bonds. The minimum absolute atomic E-state index is 0.0418. The van der Waals surface area contributed by atoms with Crippen LogP contribution in [-0.4, -0.2) is 23.1 Å². The summed E-state index contributed by atoms with van der Waals surface area (Å²) in [6, 6.07) is 6.88. The van der Waals surface area contributed by atoms with Gasteiger partial charge in [-0.1, -0.05) is 22.6 Å². The van der Waals surface area contributed by atoms with E-state index in [9.17, 15) is 4.79 Å². The zero-order valence-electron chi connectivity index (χ0n) is 9.62. The fraction of sp³-hybridized carbons (Fsp3) is 0.417. The van der Waals surface area contributed by atoms with Crippen molar-refractivity contribution < 1.29 is 14.3 Å². The van der Waals surface area contributed by atoms with Gasteiger partial charge in [0.2, 0.25) is 0 Å². The third kappa shape index (κ3) is 4.38. The first-order valence-electron chi connectivity index (χ1n) is 4.92. The van der Waals surface area contributed by atoms with Gasteiger partial charge in [0.05, 0.1) is 16.1 Å². The van der Waals surface area contributed by atoms with E-state index in [1.54, 1.807) is 31.4 Å². The lowest BCUT2D eigenvalue weighted by molar-refractivity contribution is 0.0484. The number of carbonyl (C=O) groups excluding carboxylic acids is 1. The van der Waals surface area contributed by atoms with Gasteiger partial charge in [0, 0.05) is 0 Å². The molecule has 0 N–H and O–H groups in total. The Morgan fingerprint density at radius 3 is 2.31 bits per heavy atom. The van der Waals surface area contributed by atoms with Crippen molar-refractivity contribution >= 4 is 28.6 Å². The van der Waals surface area contributed by atoms with Gasteiger partial charge in [0.1, 0.15) is 12.4 Å². The average molecular weight is 334 g/mol. The van der Waals surface area contributed by atoms with Gasteiger partial charge in [-0.25, -0.2) is 4.79 Å². The van der Waals surface area contributed by atoms with E-state index in [1.165, 1.54) is 0 Å². The van der Waals surface area contributed by atoms with Gasteiger partial charge in [0.15, 0.2) is 0 Å². The Morgan fingerprint density at radius 1 is 1.31 bits per heavy atom. The highest BCUT2D eigenvalue weighted by atomic mass is 127. The number of carbonyl (C=O) groups is 1. The molecular formula is C12H15IO3. The number of hydrogen-bond acceptors (Lipinski definition) is 3. The summed E-state index contributed by atoms with van der Waals surface area (Å²) in [6.45, 7) is 4.42. The van der Waals surface area contributed by atoms with Crippen molar-refractivity contribution in [2.24, 2.45) is 0 Å². The number of rotatable bonds is 4. The lowest BCUT2D eigenvalue weighted by Crippen LogP contribution is -2.21. The van der Waals surface area contributed by atoms with Crippen LogP contribution in [0.5, 0.6) is 5.75 Å². The molecular weight excluding hydrogens is 319 g/mol. The molecule has 3 nitrogen and oxygen atoms in total. The second kappa shape index (κ2) is 5.52. The smallest absolute Gasteiger partial charge is 0.338 e. The first-order valence-corrected chi connectivity index (χ1v) is 6.00. The van der Waals surface area contributed by atoms with Gasteiger partial charge in [-0.05, 0) is 38.1 Å². The van der Waals surface area contributed by atoms with Gasteiger partial charge in [-0.2, -0.15) is 0 Å². The van der Waals surface area contributed by atoms with E-state index in [1.807, 2.05) is 13.8 Å². The summed E-state index contributed by atoms with van der Waals surface area (Å²) in [5.74, 6) is 0.429. The van der Waals surface area contributed by atoms with E-state index in [4.69, 9.17) is 9.47 Å². The summed E-state index contributed by atoms with van der Waals surface area (Å²) in [5, 5.41) is 0. The van der Waals surface area contributed by atoms with Gasteiger partial charge in [-0.3, -0.25) is 0 Å². The Labute approximate surface area is 109 Å². The molecule has 0 saturated heterocycles. The van der Waals surface area contributed by atoms with Gasteiger partial charge >= 0.3 is 5.97 Å². The molecule has 0 radical (unpaired) electrons. The quantitative estimate of drug-likeness (QED) is 0.482. The van der Waals surface area contributed by atoms with E-state index in [0.29, 0.717) is 12.2 Å². The molecule has 0 unspecified atom stereocenters. The number of benzene rings is 1. The normalized spacial score (nSPS) is 11.0. The SMILES string of the molecule is COc1ccc(C(=O)OCC(C)(C)I)cc1. The van der Waals surface area contributed by atoms with E-state index in [2.05, 4.69) is 22.6 Å². The van der Waals surface area contributed by atoms with Crippen LogP contribution < -0.4 is 4.74 Å². The second-order valence-corrected chi connectivity index (χ2v) is 6.94. The maximum Gasteiger partial charge on any atom is 0.338 e. The molecule has 0 aliphatic heterocycles. The van der Waals surface area contributed by atoms with E-state index in [-0.39, 0.29) is 9.39 Å². The monoisotopic (exact) mass is 334 g/mol. The molecule has 4 heteroatoms. The second-order valence-electron chi connectivity index (χ2n) is 4.02. The zero-order valence-corrected chi connectivity index (χ0v) is 11.8. The summed E-state index contributed by atoms with van der Waals surface area (Å²) < 4.78 is 10.1. The number of esters is 1. The molecule has 88 valence electrons. The number of methoxy groups -OCH3 is 1. The third-order valence-electron chi connectivity index (χ3n) is 1.87. The Hall–Kier alpha value is -0.780. The minimum Gasteiger partial charge on any atom is -0.497 e. The maximum atomic E-state index is 11.6. The predicted octanol–water partition coefficient (Wildman–Crippen LogP) is 3.07. The van der Waals surface area contributed by atoms with Gasteiger partial charge in [-0.15, -0.1) is 0 Å². The fourth-order valence-corrected chi connectivity index (χ4v) is 1.20. The fourth-order valence-electron chi connectivity index (χ4n) is 1.05. The van der Waals surface area contributed by atoms with E-state index in [0.717, 1.165) is 5.75 Å². The lowest BCUT2D eigenvalue weighted by Gasteiger charge is -2.15. The minimum atomic E-state index is -0.299. The summed E-state index contributed by atoms with van der Waals surface area (Å²) in [7, 11) is 1.59. The van der Waals surface area contributed by atoms with Crippen molar-refractivity contribution in [2.75, 3.05) is 13.7 Å². The molecule has 0 aliphatic carbocycles. The van der Waals surface area contributed by atoms with Crippen LogP contribution in [0.25, 0.3) is 0 Å². The van der Waals surface area contributed by atoms with E-state index >= 15 is 0 Å². The van der Waals surface area contributed by atoms with Gasteiger partial charge in [0.25, 0.3) is 0 Å². The Bertz CT molecular complexity index is 352. The summed E-state index contributed by atoms with van der Waals surface area (Å²) in [5.41, 5.74) is 0.543. The summed E-state index contributed by atoms with van der Waals surface area (Å²) in [4.78, 5) is 11.6. The molecule has 0 heterocycles. The van der Waals surface area contributed by atoms with Crippen molar-refractivity contribution in [3.05, 3.63) is 29.8 Å². The molecule has 0 aliphatic rings. The van der Waals surface area contributed by atoms with Crippen molar-refractivity contribution in [2.45, 2.75) is 17.3 Å². The van der Waals surface area contributed by atoms with Crippen molar-refractivity contribution in [1.82, 2.24) is 0 Å². The first-order chi connectivity index (χ1) is 7.42. The Morgan fingerprint density at radius 2 is 1.88 bits per heavy atom. The van der Waals surface area contributed by atoms with Crippen LogP contribution in [0.3, 0.4) is 0 Å². The summed E-state index contributed by atoms with van der Waals surface area (Å²) in [6.07, 6.45) is 0. The molecule has 1 rings (SSSR count). The lowest BCUT2D eigenvalue weighted by atomic mass is 10.2. The summed E-state index contributed by atoms with van der Waals surface area (Å²) >= 11 is 2.24. The average Bonchev–Trinajstić information content (AvgIpc) is 2.25. The molecule has 1 aromatic rings. The van der Waals surface area contributed by atoms with Crippen LogP contribution in [0.4, 0.5) is 0 Å². The topological polar surface area (TPSA) is 35.5 Å². The van der Waals surface area contributed by atoms with Crippen molar-refractivity contribution in [3.63, 3.8) is 0 Å². The van der Waals surface area contributed by atoms with Crippen LogP contribution in [0.1, 0.15) is 24.2 Å². The third-order valence-corrected chi connectivity index (χ3v) is 2.18. The highest BCUT2D eigenvalue weighted by Gasteiger charge is 2.16. The van der Waals surface area contributed by atoms with Crippen LogP contribution in [0, 0.1) is 0 Å². The van der Waals surface area contributed by atoms with Crippen LogP contribution in [0.2, 0.25) is 0 Å². The number of hydrogen-bond donors (Lipinski definition) is 0. The van der Waals surface area contributed by atoms with Crippen molar-refractivity contribution in [1.29, 1.82) is 0 Å². The van der Waals surface area contributed by atoms with Gasteiger partial charge < -0.3 is 9.47 Å². The zero-order chi connectivity index (χ0) is 12.2. The molecule has 0 bridgehead atoms. The largest absolute Gasteiger partial charge is 0.497 e. The Kier molecular flexibility index (Phi) is 4.58.